The van der Waals surface area contributed by atoms with Crippen LogP contribution < -0.4 is 4.90 Å². The molecule has 1 N–H and O–H groups in total. The number of rotatable bonds is 2. The Morgan fingerprint density at radius 3 is 3.07 bits per heavy atom. The first-order chi connectivity index (χ1) is 6.77. The van der Waals surface area contributed by atoms with E-state index in [-0.39, 0.29) is 5.92 Å². The molecule has 0 bridgehead atoms. The summed E-state index contributed by atoms with van der Waals surface area (Å²) in [5.41, 5.74) is 0. The topological polar surface area (TPSA) is 66.3 Å². The molecule has 0 saturated carbocycles. The number of carboxylic acids is 1. The first-order valence-electron chi connectivity index (χ1n) is 4.53. The number of aliphatic carboxylic acids is 1. The highest BCUT2D eigenvalue weighted by molar-refractivity contribution is 5.71. The molecular weight excluding hydrogens is 182 g/mol. The molecule has 1 atom stereocenters. The predicted molar refractivity (Wildman–Crippen MR) is 50.0 cm³/mol. The first-order valence-corrected chi connectivity index (χ1v) is 4.53. The lowest BCUT2D eigenvalue weighted by Crippen LogP contribution is -2.23. The van der Waals surface area contributed by atoms with Crippen molar-refractivity contribution in [3.05, 3.63) is 18.3 Å². The maximum atomic E-state index is 10.7. The van der Waals surface area contributed by atoms with Crippen molar-refractivity contribution in [2.75, 3.05) is 18.0 Å². The second-order valence-electron chi connectivity index (χ2n) is 3.35. The quantitative estimate of drug-likeness (QED) is 0.735. The van der Waals surface area contributed by atoms with Crippen molar-refractivity contribution in [3.63, 3.8) is 0 Å². The Kier molecular flexibility index (Phi) is 2.30. The van der Waals surface area contributed by atoms with Crippen LogP contribution in [0.3, 0.4) is 0 Å². The van der Waals surface area contributed by atoms with Gasteiger partial charge in [0.1, 0.15) is 0 Å². The van der Waals surface area contributed by atoms with Gasteiger partial charge in [0.2, 0.25) is 0 Å². The van der Waals surface area contributed by atoms with Crippen LogP contribution in [0.5, 0.6) is 0 Å². The van der Waals surface area contributed by atoms with E-state index in [9.17, 15) is 4.79 Å². The minimum atomic E-state index is -0.726. The van der Waals surface area contributed by atoms with Gasteiger partial charge in [0.05, 0.1) is 5.92 Å². The van der Waals surface area contributed by atoms with E-state index in [1.807, 2.05) is 11.0 Å². The zero-order valence-corrected chi connectivity index (χ0v) is 7.63. The van der Waals surface area contributed by atoms with Crippen molar-refractivity contribution >= 4 is 11.8 Å². The zero-order chi connectivity index (χ0) is 9.97. The highest BCUT2D eigenvalue weighted by Gasteiger charge is 2.28. The molecule has 1 aromatic rings. The second-order valence-corrected chi connectivity index (χ2v) is 3.35. The monoisotopic (exact) mass is 193 g/mol. The Labute approximate surface area is 81.4 Å². The second kappa shape index (κ2) is 3.61. The van der Waals surface area contributed by atoms with Crippen molar-refractivity contribution in [2.45, 2.75) is 6.42 Å². The van der Waals surface area contributed by atoms with E-state index in [4.69, 9.17) is 5.11 Å². The molecule has 1 aliphatic rings. The van der Waals surface area contributed by atoms with Crippen molar-refractivity contribution in [1.82, 2.24) is 10.2 Å². The van der Waals surface area contributed by atoms with E-state index in [1.54, 1.807) is 12.3 Å². The number of anilines is 1. The van der Waals surface area contributed by atoms with Gasteiger partial charge in [-0.3, -0.25) is 4.79 Å². The van der Waals surface area contributed by atoms with Crippen LogP contribution in [0.1, 0.15) is 6.42 Å². The van der Waals surface area contributed by atoms with E-state index < -0.39 is 5.97 Å². The van der Waals surface area contributed by atoms with E-state index >= 15 is 0 Å². The molecule has 0 aromatic carbocycles. The Hall–Kier alpha value is -1.65. The fourth-order valence-corrected chi connectivity index (χ4v) is 1.63. The molecule has 1 unspecified atom stereocenters. The normalized spacial score (nSPS) is 21.1. The van der Waals surface area contributed by atoms with Crippen LogP contribution in [-0.2, 0) is 4.79 Å². The third-order valence-corrected chi connectivity index (χ3v) is 2.42. The van der Waals surface area contributed by atoms with E-state index in [0.29, 0.717) is 13.0 Å². The van der Waals surface area contributed by atoms with Gasteiger partial charge in [0.15, 0.2) is 5.82 Å². The van der Waals surface area contributed by atoms with E-state index in [0.717, 1.165) is 12.4 Å². The molecule has 0 aliphatic carbocycles. The molecule has 1 aliphatic heterocycles. The molecular formula is C9H11N3O2. The van der Waals surface area contributed by atoms with Crippen molar-refractivity contribution in [2.24, 2.45) is 5.92 Å². The number of hydrogen-bond acceptors (Lipinski definition) is 4. The Bertz CT molecular complexity index is 328. The lowest BCUT2D eigenvalue weighted by Gasteiger charge is -2.15. The van der Waals surface area contributed by atoms with Gasteiger partial charge in [-0.15, -0.1) is 5.10 Å². The van der Waals surface area contributed by atoms with Crippen molar-refractivity contribution in [1.29, 1.82) is 0 Å². The number of carbonyl (C=O) groups is 1. The Morgan fingerprint density at radius 2 is 2.50 bits per heavy atom. The van der Waals surface area contributed by atoms with Crippen molar-refractivity contribution in [3.8, 4) is 0 Å². The molecule has 1 aromatic heterocycles. The summed E-state index contributed by atoms with van der Waals surface area (Å²) in [6, 6.07) is 3.65. The summed E-state index contributed by atoms with van der Waals surface area (Å²) in [6.07, 6.45) is 2.29. The largest absolute Gasteiger partial charge is 0.481 e. The molecule has 14 heavy (non-hydrogen) atoms. The molecule has 1 fully saturated rings. The lowest BCUT2D eigenvalue weighted by molar-refractivity contribution is -0.140. The van der Waals surface area contributed by atoms with Gasteiger partial charge < -0.3 is 10.0 Å². The molecule has 74 valence electrons. The minimum absolute atomic E-state index is 0.267. The van der Waals surface area contributed by atoms with Gasteiger partial charge in [0.25, 0.3) is 0 Å². The lowest BCUT2D eigenvalue weighted by atomic mass is 10.1. The van der Waals surface area contributed by atoms with Gasteiger partial charge in [-0.1, -0.05) is 0 Å². The smallest absolute Gasteiger partial charge is 0.308 e. The first kappa shape index (κ1) is 8.93. The van der Waals surface area contributed by atoms with Crippen LogP contribution in [0, 0.1) is 5.92 Å². The summed E-state index contributed by atoms with van der Waals surface area (Å²) in [4.78, 5) is 12.7. The average Bonchev–Trinajstić information content (AvgIpc) is 2.68. The van der Waals surface area contributed by atoms with Gasteiger partial charge in [-0.25, -0.2) is 0 Å². The minimum Gasteiger partial charge on any atom is -0.481 e. The van der Waals surface area contributed by atoms with Gasteiger partial charge in [-0.2, -0.15) is 5.10 Å². The number of aromatic nitrogens is 2. The Balaban J connectivity index is 2.06. The van der Waals surface area contributed by atoms with E-state index in [1.165, 1.54) is 0 Å². The summed E-state index contributed by atoms with van der Waals surface area (Å²) in [5.74, 6) is -0.232. The highest BCUT2D eigenvalue weighted by atomic mass is 16.4. The summed E-state index contributed by atoms with van der Waals surface area (Å²) in [5, 5.41) is 16.5. The fraction of sp³-hybridized carbons (Fsp3) is 0.444. The fourth-order valence-electron chi connectivity index (χ4n) is 1.63. The molecule has 1 saturated heterocycles. The molecule has 0 amide bonds. The number of hydrogen-bond donors (Lipinski definition) is 1. The third kappa shape index (κ3) is 1.66. The standard InChI is InChI=1S/C9H11N3O2/c13-9(14)7-3-5-12(6-7)8-2-1-4-10-11-8/h1-2,4,7H,3,5-6H2,(H,13,14). The summed E-state index contributed by atoms with van der Waals surface area (Å²) < 4.78 is 0. The van der Waals surface area contributed by atoms with Crippen LogP contribution in [0.15, 0.2) is 18.3 Å². The molecule has 5 nitrogen and oxygen atoms in total. The molecule has 2 heterocycles. The highest BCUT2D eigenvalue weighted by Crippen LogP contribution is 2.21. The molecule has 0 radical (unpaired) electrons. The van der Waals surface area contributed by atoms with Crippen LogP contribution in [0.25, 0.3) is 0 Å². The molecule has 5 heteroatoms. The number of nitrogens with zero attached hydrogens (tertiary/aromatic N) is 3. The maximum Gasteiger partial charge on any atom is 0.308 e. The molecule has 2 rings (SSSR count). The maximum absolute atomic E-state index is 10.7. The van der Waals surface area contributed by atoms with Crippen molar-refractivity contribution < 1.29 is 9.90 Å². The summed E-state index contributed by atoms with van der Waals surface area (Å²) in [6.45, 7) is 1.28. The summed E-state index contributed by atoms with van der Waals surface area (Å²) in [7, 11) is 0. The van der Waals surface area contributed by atoms with E-state index in [2.05, 4.69) is 10.2 Å². The summed E-state index contributed by atoms with van der Waals surface area (Å²) >= 11 is 0. The average molecular weight is 193 g/mol. The van der Waals surface area contributed by atoms with Crippen LogP contribution >= 0.6 is 0 Å². The predicted octanol–water partition coefficient (Wildman–Crippen LogP) is 0.387. The van der Waals surface area contributed by atoms with Gasteiger partial charge in [-0.05, 0) is 18.6 Å². The SMILES string of the molecule is O=C(O)C1CCN(c2cccnn2)C1. The van der Waals surface area contributed by atoms with Gasteiger partial charge in [0, 0.05) is 19.3 Å². The molecule has 0 spiro atoms. The zero-order valence-electron chi connectivity index (χ0n) is 7.63. The van der Waals surface area contributed by atoms with Crippen LogP contribution in [0.2, 0.25) is 0 Å². The van der Waals surface area contributed by atoms with Crippen LogP contribution in [0.4, 0.5) is 5.82 Å². The van der Waals surface area contributed by atoms with Gasteiger partial charge >= 0.3 is 5.97 Å². The van der Waals surface area contributed by atoms with Crippen LogP contribution in [-0.4, -0.2) is 34.4 Å². The third-order valence-electron chi connectivity index (χ3n) is 2.42. The Morgan fingerprint density at radius 1 is 1.64 bits per heavy atom. The number of carboxylic acid groups (broad SMARTS) is 1.